The van der Waals surface area contributed by atoms with E-state index in [1.165, 1.54) is 12.3 Å². The minimum Gasteiger partial charge on any atom is -0.497 e. The van der Waals surface area contributed by atoms with E-state index in [0.29, 0.717) is 23.5 Å². The molecule has 0 fully saturated rings. The van der Waals surface area contributed by atoms with Gasteiger partial charge in [0.15, 0.2) is 11.7 Å². The van der Waals surface area contributed by atoms with Crippen molar-refractivity contribution in [2.24, 2.45) is 0 Å². The van der Waals surface area contributed by atoms with Crippen molar-refractivity contribution in [3.63, 3.8) is 0 Å². The van der Waals surface area contributed by atoms with Crippen LogP contribution in [0.2, 0.25) is 0 Å². The van der Waals surface area contributed by atoms with Gasteiger partial charge in [0.25, 0.3) is 0 Å². The summed E-state index contributed by atoms with van der Waals surface area (Å²) >= 11 is 0. The average Bonchev–Trinajstić information content (AvgIpc) is 2.47. The molecule has 5 heteroatoms. The van der Waals surface area contributed by atoms with E-state index in [9.17, 15) is 9.59 Å². The Labute approximate surface area is 116 Å². The van der Waals surface area contributed by atoms with Gasteiger partial charge in [-0.3, -0.25) is 9.59 Å². The van der Waals surface area contributed by atoms with Crippen molar-refractivity contribution in [2.45, 2.75) is 6.92 Å². The number of methoxy groups -OCH3 is 2. The summed E-state index contributed by atoms with van der Waals surface area (Å²) in [6.45, 7) is 1.79. The molecule has 0 atom stereocenters. The molecule has 5 nitrogen and oxygen atoms in total. The Kier molecular flexibility index (Phi) is 3.89. The van der Waals surface area contributed by atoms with Crippen molar-refractivity contribution < 1.29 is 14.3 Å². The topological polar surface area (TPSA) is 57.5 Å². The zero-order valence-electron chi connectivity index (χ0n) is 11.5. The Hall–Kier alpha value is -2.56. The summed E-state index contributed by atoms with van der Waals surface area (Å²) in [4.78, 5) is 22.5. The molecular formula is C15H15NO4. The number of hydrogen-bond donors (Lipinski definition) is 0. The molecule has 1 heterocycles. The third-order valence-corrected chi connectivity index (χ3v) is 3.05. The molecule has 0 aliphatic heterocycles. The van der Waals surface area contributed by atoms with Crippen LogP contribution in [0.5, 0.6) is 11.5 Å². The Bertz CT molecular complexity index is 704. The molecule has 0 bridgehead atoms. The predicted octanol–water partition coefficient (Wildman–Crippen LogP) is 1.98. The molecule has 1 aromatic heterocycles. The summed E-state index contributed by atoms with van der Waals surface area (Å²) in [5, 5.41) is 0. The molecule has 0 unspecified atom stereocenters. The van der Waals surface area contributed by atoms with Crippen molar-refractivity contribution in [3.8, 4) is 17.2 Å². The van der Waals surface area contributed by atoms with E-state index in [-0.39, 0.29) is 11.0 Å². The summed E-state index contributed by atoms with van der Waals surface area (Å²) in [5.41, 5.74) is 1.26. The van der Waals surface area contributed by atoms with Gasteiger partial charge in [-0.15, -0.1) is 0 Å². The Morgan fingerprint density at radius 1 is 1.15 bits per heavy atom. The number of aromatic nitrogens is 1. The number of ether oxygens (including phenoxy) is 2. The second-order valence-electron chi connectivity index (χ2n) is 4.26. The first kappa shape index (κ1) is 13.9. The summed E-state index contributed by atoms with van der Waals surface area (Å²) < 4.78 is 12.2. The minimum absolute atomic E-state index is 0.105. The quantitative estimate of drug-likeness (QED) is 0.799. The summed E-state index contributed by atoms with van der Waals surface area (Å²) in [5.74, 6) is 1.26. The molecule has 0 aliphatic carbocycles. The minimum atomic E-state index is -0.291. The van der Waals surface area contributed by atoms with Crippen LogP contribution in [0.1, 0.15) is 16.1 Å². The van der Waals surface area contributed by atoms with Crippen molar-refractivity contribution in [3.05, 3.63) is 51.9 Å². The van der Waals surface area contributed by atoms with Gasteiger partial charge in [0.1, 0.15) is 11.5 Å². The van der Waals surface area contributed by atoms with Gasteiger partial charge in [0.05, 0.1) is 25.5 Å². The smallest absolute Gasteiger partial charge is 0.192 e. The predicted molar refractivity (Wildman–Crippen MR) is 75.3 cm³/mol. The molecule has 2 aromatic rings. The van der Waals surface area contributed by atoms with Gasteiger partial charge in [-0.25, -0.2) is 0 Å². The highest BCUT2D eigenvalue weighted by molar-refractivity contribution is 5.74. The number of carbonyl (C=O) groups is 1. The van der Waals surface area contributed by atoms with Crippen molar-refractivity contribution in [1.29, 1.82) is 0 Å². The van der Waals surface area contributed by atoms with Crippen LogP contribution in [0.15, 0.2) is 35.3 Å². The standard InChI is InChI=1S/C15H15NO4/c1-10-6-14(18)11(9-17)8-16(10)13-5-4-12(19-2)7-15(13)20-3/h4-9H,1-3H3. The van der Waals surface area contributed by atoms with Crippen LogP contribution >= 0.6 is 0 Å². The molecule has 104 valence electrons. The second kappa shape index (κ2) is 5.61. The van der Waals surface area contributed by atoms with Gasteiger partial charge in [0.2, 0.25) is 0 Å². The first-order valence-electron chi connectivity index (χ1n) is 6.01. The van der Waals surface area contributed by atoms with Crippen LogP contribution in [0.4, 0.5) is 0 Å². The van der Waals surface area contributed by atoms with Gasteiger partial charge >= 0.3 is 0 Å². The average molecular weight is 273 g/mol. The maximum absolute atomic E-state index is 11.6. The van der Waals surface area contributed by atoms with Crippen LogP contribution in [0.25, 0.3) is 5.69 Å². The van der Waals surface area contributed by atoms with Gasteiger partial charge < -0.3 is 14.0 Å². The SMILES string of the molecule is COc1ccc(-n2cc(C=O)c(=O)cc2C)c(OC)c1. The van der Waals surface area contributed by atoms with Gasteiger partial charge in [-0.2, -0.15) is 0 Å². The van der Waals surface area contributed by atoms with E-state index in [4.69, 9.17) is 9.47 Å². The van der Waals surface area contributed by atoms with Gasteiger partial charge in [-0.05, 0) is 19.1 Å². The molecule has 0 amide bonds. The van der Waals surface area contributed by atoms with Crippen LogP contribution in [0, 0.1) is 6.92 Å². The van der Waals surface area contributed by atoms with E-state index < -0.39 is 0 Å². The van der Waals surface area contributed by atoms with Crippen molar-refractivity contribution in [1.82, 2.24) is 4.57 Å². The largest absolute Gasteiger partial charge is 0.497 e. The first-order chi connectivity index (χ1) is 9.60. The number of nitrogens with zero attached hydrogens (tertiary/aromatic N) is 1. The fourth-order valence-electron chi connectivity index (χ4n) is 1.98. The Morgan fingerprint density at radius 3 is 2.50 bits per heavy atom. The zero-order valence-corrected chi connectivity index (χ0v) is 11.5. The van der Waals surface area contributed by atoms with Crippen LogP contribution in [-0.4, -0.2) is 25.1 Å². The number of hydrogen-bond acceptors (Lipinski definition) is 4. The molecule has 0 radical (unpaired) electrons. The second-order valence-corrected chi connectivity index (χ2v) is 4.26. The summed E-state index contributed by atoms with van der Waals surface area (Å²) in [6, 6.07) is 6.76. The van der Waals surface area contributed by atoms with E-state index in [1.54, 1.807) is 37.8 Å². The fourth-order valence-corrected chi connectivity index (χ4v) is 1.98. The van der Waals surface area contributed by atoms with Crippen LogP contribution < -0.4 is 14.9 Å². The number of pyridine rings is 1. The van der Waals surface area contributed by atoms with Gasteiger partial charge in [-0.1, -0.05) is 0 Å². The van der Waals surface area contributed by atoms with Crippen molar-refractivity contribution >= 4 is 6.29 Å². The molecule has 0 saturated heterocycles. The van der Waals surface area contributed by atoms with Crippen molar-refractivity contribution in [2.75, 3.05) is 14.2 Å². The Morgan fingerprint density at radius 2 is 1.90 bits per heavy atom. The third-order valence-electron chi connectivity index (χ3n) is 3.05. The number of rotatable bonds is 4. The molecular weight excluding hydrogens is 258 g/mol. The zero-order chi connectivity index (χ0) is 14.7. The lowest BCUT2D eigenvalue weighted by Crippen LogP contribution is -2.14. The number of aldehydes is 1. The fraction of sp³-hybridized carbons (Fsp3) is 0.200. The summed E-state index contributed by atoms with van der Waals surface area (Å²) in [7, 11) is 3.13. The molecule has 20 heavy (non-hydrogen) atoms. The maximum Gasteiger partial charge on any atom is 0.192 e. The number of carbonyl (C=O) groups excluding carboxylic acids is 1. The van der Waals surface area contributed by atoms with Crippen LogP contribution in [-0.2, 0) is 0 Å². The van der Waals surface area contributed by atoms with E-state index in [2.05, 4.69) is 0 Å². The van der Waals surface area contributed by atoms with Gasteiger partial charge in [0, 0.05) is 24.0 Å². The van der Waals surface area contributed by atoms with E-state index in [0.717, 1.165) is 5.69 Å². The lowest BCUT2D eigenvalue weighted by atomic mass is 10.2. The highest BCUT2D eigenvalue weighted by Crippen LogP contribution is 2.28. The molecule has 0 saturated carbocycles. The van der Waals surface area contributed by atoms with Crippen LogP contribution in [0.3, 0.4) is 0 Å². The number of aryl methyl sites for hydroxylation is 1. The maximum atomic E-state index is 11.6. The Balaban J connectivity index is 2.67. The monoisotopic (exact) mass is 273 g/mol. The van der Waals surface area contributed by atoms with E-state index in [1.807, 2.05) is 6.07 Å². The highest BCUT2D eigenvalue weighted by Gasteiger charge is 2.10. The third kappa shape index (κ3) is 2.42. The first-order valence-corrected chi connectivity index (χ1v) is 6.01. The summed E-state index contributed by atoms with van der Waals surface area (Å²) in [6.07, 6.45) is 2.06. The molecule has 0 aliphatic rings. The molecule has 1 aromatic carbocycles. The normalized spacial score (nSPS) is 10.2. The highest BCUT2D eigenvalue weighted by atomic mass is 16.5. The number of benzene rings is 1. The van der Waals surface area contributed by atoms with E-state index >= 15 is 0 Å². The molecule has 2 rings (SSSR count). The lowest BCUT2D eigenvalue weighted by molar-refractivity contribution is 0.112. The molecule has 0 N–H and O–H groups in total. The molecule has 0 spiro atoms. The lowest BCUT2D eigenvalue weighted by Gasteiger charge is -2.15.